The molecule has 1 amide bonds. The molecule has 0 radical (unpaired) electrons. The Morgan fingerprint density at radius 1 is 1.03 bits per heavy atom. The van der Waals surface area contributed by atoms with Crippen LogP contribution in [0.1, 0.15) is 12.5 Å². The Hall–Kier alpha value is -4.12. The number of para-hydroxylation sites is 1. The summed E-state index contributed by atoms with van der Waals surface area (Å²) in [7, 11) is -3.34. The zero-order chi connectivity index (χ0) is 26.6. The van der Waals surface area contributed by atoms with Crippen molar-refractivity contribution >= 4 is 21.4 Å². The second kappa shape index (κ2) is 10.5. The van der Waals surface area contributed by atoms with Crippen LogP contribution in [-0.2, 0) is 21.1 Å². The van der Waals surface area contributed by atoms with E-state index in [1.165, 1.54) is 42.9 Å². The van der Waals surface area contributed by atoms with Crippen LogP contribution in [0.2, 0.25) is 0 Å². The van der Waals surface area contributed by atoms with E-state index in [0.717, 1.165) is 0 Å². The number of carbonyl (C=O) groups is 1. The SMILES string of the molecule is CCS(=O)(=O)c1ccc(CC(=O)Nc2ccc(-c3ccccc3OC(F)(F)F)c(-n3ccnc3)c2)cc1. The summed E-state index contributed by atoms with van der Waals surface area (Å²) in [4.78, 5) is 16.9. The Morgan fingerprint density at radius 2 is 1.76 bits per heavy atom. The molecular weight excluding hydrogens is 507 g/mol. The van der Waals surface area contributed by atoms with Gasteiger partial charge in [-0.1, -0.05) is 43.3 Å². The molecule has 4 aromatic rings. The van der Waals surface area contributed by atoms with Crippen molar-refractivity contribution in [2.24, 2.45) is 0 Å². The molecule has 7 nitrogen and oxygen atoms in total. The zero-order valence-electron chi connectivity index (χ0n) is 19.6. The van der Waals surface area contributed by atoms with Gasteiger partial charge in [-0.3, -0.25) is 4.79 Å². The number of imidazole rings is 1. The number of carbonyl (C=O) groups excluding carboxylic acids is 1. The summed E-state index contributed by atoms with van der Waals surface area (Å²) in [5.74, 6) is -0.729. The molecule has 1 N–H and O–H groups in total. The highest BCUT2D eigenvalue weighted by Gasteiger charge is 2.32. The number of alkyl halides is 3. The predicted molar refractivity (Wildman–Crippen MR) is 132 cm³/mol. The molecule has 0 unspecified atom stereocenters. The van der Waals surface area contributed by atoms with Crippen molar-refractivity contribution in [3.8, 4) is 22.6 Å². The number of rotatable bonds is 8. The van der Waals surface area contributed by atoms with Crippen LogP contribution in [0.4, 0.5) is 18.9 Å². The normalized spacial score (nSPS) is 11.8. The van der Waals surface area contributed by atoms with Gasteiger partial charge >= 0.3 is 6.36 Å². The van der Waals surface area contributed by atoms with Crippen molar-refractivity contribution in [3.63, 3.8) is 0 Å². The number of halogens is 3. The second-order valence-electron chi connectivity index (χ2n) is 8.02. The summed E-state index contributed by atoms with van der Waals surface area (Å²) in [6, 6.07) is 16.7. The lowest BCUT2D eigenvalue weighted by atomic mass is 10.0. The lowest BCUT2D eigenvalue weighted by Crippen LogP contribution is -2.17. The Kier molecular flexibility index (Phi) is 7.35. The number of benzene rings is 3. The summed E-state index contributed by atoms with van der Waals surface area (Å²) in [5, 5.41) is 2.78. The van der Waals surface area contributed by atoms with Gasteiger partial charge in [0.05, 0.1) is 29.1 Å². The largest absolute Gasteiger partial charge is 0.573 e. The van der Waals surface area contributed by atoms with Crippen LogP contribution in [0.5, 0.6) is 5.75 Å². The molecule has 0 saturated carbocycles. The van der Waals surface area contributed by atoms with E-state index in [2.05, 4.69) is 15.0 Å². The minimum atomic E-state index is -4.86. The first kappa shape index (κ1) is 26.0. The predicted octanol–water partition coefficient (Wildman–Crippen LogP) is 5.41. The van der Waals surface area contributed by atoms with Crippen LogP contribution in [-0.4, -0.2) is 36.0 Å². The Morgan fingerprint density at radius 3 is 2.41 bits per heavy atom. The highest BCUT2D eigenvalue weighted by molar-refractivity contribution is 7.91. The van der Waals surface area contributed by atoms with E-state index in [-0.39, 0.29) is 34.3 Å². The number of ether oxygens (including phenoxy) is 1. The van der Waals surface area contributed by atoms with E-state index in [9.17, 15) is 26.4 Å². The summed E-state index contributed by atoms with van der Waals surface area (Å²) in [5.41, 5.74) is 2.16. The molecule has 0 fully saturated rings. The van der Waals surface area contributed by atoms with Crippen molar-refractivity contribution in [3.05, 3.63) is 91.0 Å². The Bertz CT molecular complexity index is 1500. The van der Waals surface area contributed by atoms with Crippen molar-refractivity contribution in [1.29, 1.82) is 0 Å². The van der Waals surface area contributed by atoms with Crippen molar-refractivity contribution in [2.75, 3.05) is 11.1 Å². The van der Waals surface area contributed by atoms with E-state index in [1.807, 2.05) is 0 Å². The van der Waals surface area contributed by atoms with Gasteiger partial charge < -0.3 is 14.6 Å². The third-order valence-electron chi connectivity index (χ3n) is 5.49. The fourth-order valence-corrected chi connectivity index (χ4v) is 4.61. The molecule has 11 heteroatoms. The third kappa shape index (κ3) is 6.36. The summed E-state index contributed by atoms with van der Waals surface area (Å²) >= 11 is 0. The maximum absolute atomic E-state index is 13.0. The molecule has 0 aliphatic carbocycles. The number of amides is 1. The van der Waals surface area contributed by atoms with E-state index in [0.29, 0.717) is 22.5 Å². The second-order valence-corrected chi connectivity index (χ2v) is 10.3. The van der Waals surface area contributed by atoms with E-state index >= 15 is 0 Å². The first-order valence-electron chi connectivity index (χ1n) is 11.1. The first-order valence-corrected chi connectivity index (χ1v) is 12.8. The smallest absolute Gasteiger partial charge is 0.405 e. The standard InChI is InChI=1S/C26H22F3N3O4S/c1-2-37(34,35)20-10-7-18(8-11-20)15-25(33)31-19-9-12-21(23(16-19)32-14-13-30-17-32)22-5-3-4-6-24(22)36-26(27,28)29/h3-14,16-17H,2,15H2,1H3,(H,31,33). The van der Waals surface area contributed by atoms with Crippen LogP contribution in [0, 0.1) is 0 Å². The molecule has 1 heterocycles. The molecule has 0 saturated heterocycles. The van der Waals surface area contributed by atoms with Gasteiger partial charge in [-0.15, -0.1) is 13.2 Å². The maximum atomic E-state index is 13.0. The first-order chi connectivity index (χ1) is 17.6. The molecule has 192 valence electrons. The maximum Gasteiger partial charge on any atom is 0.573 e. The summed E-state index contributed by atoms with van der Waals surface area (Å²) in [6.45, 7) is 1.56. The molecule has 0 spiro atoms. The Balaban J connectivity index is 1.61. The molecule has 0 aliphatic heterocycles. The highest BCUT2D eigenvalue weighted by atomic mass is 32.2. The van der Waals surface area contributed by atoms with E-state index < -0.39 is 16.2 Å². The van der Waals surface area contributed by atoms with Gasteiger partial charge in [-0.2, -0.15) is 0 Å². The summed E-state index contributed by atoms with van der Waals surface area (Å²) < 4.78 is 68.7. The summed E-state index contributed by atoms with van der Waals surface area (Å²) in [6.07, 6.45) is -0.225. The third-order valence-corrected chi connectivity index (χ3v) is 7.24. The van der Waals surface area contributed by atoms with Crippen molar-refractivity contribution in [1.82, 2.24) is 9.55 Å². The van der Waals surface area contributed by atoms with Crippen LogP contribution in [0.3, 0.4) is 0 Å². The average molecular weight is 530 g/mol. The monoisotopic (exact) mass is 529 g/mol. The molecule has 3 aromatic carbocycles. The van der Waals surface area contributed by atoms with Gasteiger partial charge in [0.15, 0.2) is 9.84 Å². The molecule has 37 heavy (non-hydrogen) atoms. The van der Waals surface area contributed by atoms with Crippen LogP contribution >= 0.6 is 0 Å². The van der Waals surface area contributed by atoms with Gasteiger partial charge in [0.1, 0.15) is 5.75 Å². The molecule has 4 rings (SSSR count). The molecule has 0 aliphatic rings. The molecule has 0 atom stereocenters. The van der Waals surface area contributed by atoms with Gasteiger partial charge in [0.2, 0.25) is 5.91 Å². The van der Waals surface area contributed by atoms with Gasteiger partial charge in [-0.25, -0.2) is 13.4 Å². The van der Waals surface area contributed by atoms with Crippen molar-refractivity contribution < 1.29 is 31.1 Å². The minimum Gasteiger partial charge on any atom is -0.405 e. The van der Waals surface area contributed by atoms with E-state index in [4.69, 9.17) is 0 Å². The van der Waals surface area contributed by atoms with E-state index in [1.54, 1.807) is 54.1 Å². The van der Waals surface area contributed by atoms with Crippen LogP contribution in [0.15, 0.2) is 90.3 Å². The fraction of sp³-hybridized carbons (Fsp3) is 0.154. The van der Waals surface area contributed by atoms with Gasteiger partial charge in [-0.05, 0) is 35.9 Å². The number of nitrogens with one attached hydrogen (secondary N) is 1. The minimum absolute atomic E-state index is 0.00311. The lowest BCUT2D eigenvalue weighted by Gasteiger charge is -2.17. The zero-order valence-corrected chi connectivity index (χ0v) is 20.4. The number of anilines is 1. The van der Waals surface area contributed by atoms with Crippen LogP contribution in [0.25, 0.3) is 16.8 Å². The molecular formula is C26H22F3N3O4S. The quantitative estimate of drug-likeness (QED) is 0.330. The number of aromatic nitrogens is 2. The average Bonchev–Trinajstić information content (AvgIpc) is 3.39. The Labute approximate surface area is 211 Å². The number of sulfone groups is 1. The van der Waals surface area contributed by atoms with Gasteiger partial charge in [0.25, 0.3) is 0 Å². The fourth-order valence-electron chi connectivity index (χ4n) is 3.73. The lowest BCUT2D eigenvalue weighted by molar-refractivity contribution is -0.274. The van der Waals surface area contributed by atoms with Gasteiger partial charge in [0, 0.05) is 29.2 Å². The molecule has 1 aromatic heterocycles. The molecule has 0 bridgehead atoms. The number of hydrogen-bond donors (Lipinski definition) is 1. The van der Waals surface area contributed by atoms with Crippen molar-refractivity contribution in [2.45, 2.75) is 24.6 Å². The number of hydrogen-bond acceptors (Lipinski definition) is 5. The topological polar surface area (TPSA) is 90.3 Å². The van der Waals surface area contributed by atoms with Crippen LogP contribution < -0.4 is 10.1 Å². The number of nitrogens with zero attached hydrogens (tertiary/aromatic N) is 2. The highest BCUT2D eigenvalue weighted by Crippen LogP contribution is 2.37.